The summed E-state index contributed by atoms with van der Waals surface area (Å²) in [6, 6.07) is 8.46. The summed E-state index contributed by atoms with van der Waals surface area (Å²) in [6.45, 7) is 0. The molecule has 0 fully saturated rings. The summed E-state index contributed by atoms with van der Waals surface area (Å²) in [6.07, 6.45) is 3.48. The third kappa shape index (κ3) is 1.09. The van der Waals surface area contributed by atoms with Crippen LogP contribution in [0.2, 0.25) is 0 Å². The highest BCUT2D eigenvalue weighted by atomic mass is 35.5. The minimum atomic E-state index is 0.186. The van der Waals surface area contributed by atoms with Crippen LogP contribution >= 0.6 is 11.6 Å². The summed E-state index contributed by atoms with van der Waals surface area (Å²) in [7, 11) is 0. The Morgan fingerprint density at radius 2 is 2.14 bits per heavy atom. The van der Waals surface area contributed by atoms with Crippen molar-refractivity contribution in [2.24, 2.45) is 0 Å². The highest BCUT2D eigenvalue weighted by molar-refractivity contribution is 6.21. The molecule has 1 nitrogen and oxygen atoms in total. The second-order valence-corrected chi connectivity index (χ2v) is 4.45. The van der Waals surface area contributed by atoms with E-state index in [1.807, 2.05) is 0 Å². The van der Waals surface area contributed by atoms with Gasteiger partial charge in [0.2, 0.25) is 0 Å². The molecule has 1 aromatic carbocycles. The molecule has 1 aliphatic carbocycles. The number of aromatic nitrogens is 1. The van der Waals surface area contributed by atoms with Crippen LogP contribution in [-0.4, -0.2) is 4.98 Å². The van der Waals surface area contributed by atoms with Gasteiger partial charge in [-0.3, -0.25) is 0 Å². The van der Waals surface area contributed by atoms with E-state index in [9.17, 15) is 0 Å². The fraction of sp³-hybridized carbons (Fsp3) is 0.333. The van der Waals surface area contributed by atoms with Crippen molar-refractivity contribution in [1.82, 2.24) is 4.98 Å². The van der Waals surface area contributed by atoms with Crippen LogP contribution in [0.3, 0.4) is 0 Å². The minimum absolute atomic E-state index is 0.186. The van der Waals surface area contributed by atoms with Gasteiger partial charge in [0.05, 0.1) is 5.38 Å². The summed E-state index contributed by atoms with van der Waals surface area (Å²) in [5, 5.41) is 1.54. The van der Waals surface area contributed by atoms with Gasteiger partial charge in [0.15, 0.2) is 0 Å². The van der Waals surface area contributed by atoms with Crippen LogP contribution in [0.15, 0.2) is 24.3 Å². The Labute approximate surface area is 88.1 Å². The SMILES string of the molecule is ClC1CCCc2c1[nH]c1ccccc21. The molecular weight excluding hydrogens is 194 g/mol. The topological polar surface area (TPSA) is 15.8 Å². The molecular formula is C12H12ClN. The molecule has 3 rings (SSSR count). The lowest BCUT2D eigenvalue weighted by molar-refractivity contribution is 0.661. The van der Waals surface area contributed by atoms with Crippen LogP contribution in [0.1, 0.15) is 29.5 Å². The maximum atomic E-state index is 6.29. The van der Waals surface area contributed by atoms with Gasteiger partial charge in [-0.2, -0.15) is 0 Å². The van der Waals surface area contributed by atoms with Gasteiger partial charge in [-0.15, -0.1) is 11.6 Å². The molecule has 1 aromatic heterocycles. The Bertz CT molecular complexity index is 472. The molecule has 0 spiro atoms. The van der Waals surface area contributed by atoms with E-state index < -0.39 is 0 Å². The van der Waals surface area contributed by atoms with Crippen molar-refractivity contribution in [3.63, 3.8) is 0 Å². The maximum Gasteiger partial charge on any atom is 0.0738 e. The van der Waals surface area contributed by atoms with E-state index in [-0.39, 0.29) is 5.38 Å². The standard InChI is InChI=1S/C12H12ClN/c13-10-6-3-5-9-8-4-1-2-7-11(8)14-12(9)10/h1-2,4,7,10,14H,3,5-6H2. The van der Waals surface area contributed by atoms with E-state index in [0.29, 0.717) is 0 Å². The third-order valence-corrected chi connectivity index (χ3v) is 3.48. The van der Waals surface area contributed by atoms with E-state index in [1.165, 1.54) is 35.0 Å². The first-order valence-electron chi connectivity index (χ1n) is 5.10. The number of aromatic amines is 1. The van der Waals surface area contributed by atoms with E-state index >= 15 is 0 Å². The summed E-state index contributed by atoms with van der Waals surface area (Å²) in [4.78, 5) is 3.43. The van der Waals surface area contributed by atoms with Crippen molar-refractivity contribution in [2.75, 3.05) is 0 Å². The van der Waals surface area contributed by atoms with E-state index in [0.717, 1.165) is 6.42 Å². The monoisotopic (exact) mass is 205 g/mol. The van der Waals surface area contributed by atoms with Gasteiger partial charge >= 0.3 is 0 Å². The Hall–Kier alpha value is -0.950. The van der Waals surface area contributed by atoms with Crippen LogP contribution < -0.4 is 0 Å². The zero-order chi connectivity index (χ0) is 9.54. The quantitative estimate of drug-likeness (QED) is 0.630. The fourth-order valence-corrected chi connectivity index (χ4v) is 2.70. The van der Waals surface area contributed by atoms with Gasteiger partial charge in [0.25, 0.3) is 0 Å². The number of hydrogen-bond donors (Lipinski definition) is 1. The number of aryl methyl sites for hydroxylation is 1. The highest BCUT2D eigenvalue weighted by Gasteiger charge is 2.21. The van der Waals surface area contributed by atoms with Gasteiger partial charge < -0.3 is 4.98 Å². The Kier molecular flexibility index (Phi) is 1.81. The van der Waals surface area contributed by atoms with Crippen molar-refractivity contribution in [1.29, 1.82) is 0 Å². The first-order valence-corrected chi connectivity index (χ1v) is 5.53. The lowest BCUT2D eigenvalue weighted by Crippen LogP contribution is -2.03. The molecule has 0 radical (unpaired) electrons. The number of benzene rings is 1. The average Bonchev–Trinajstić information content (AvgIpc) is 2.59. The maximum absolute atomic E-state index is 6.29. The molecule has 2 aromatic rings. The second kappa shape index (κ2) is 3.03. The Morgan fingerprint density at radius 1 is 1.29 bits per heavy atom. The molecule has 0 amide bonds. The van der Waals surface area contributed by atoms with Crippen LogP contribution in [0.5, 0.6) is 0 Å². The van der Waals surface area contributed by atoms with Gasteiger partial charge in [0.1, 0.15) is 0 Å². The largest absolute Gasteiger partial charge is 0.357 e. The first-order chi connectivity index (χ1) is 6.86. The van der Waals surface area contributed by atoms with Crippen molar-refractivity contribution in [3.8, 4) is 0 Å². The molecule has 1 unspecified atom stereocenters. The summed E-state index contributed by atoms with van der Waals surface area (Å²) < 4.78 is 0. The minimum Gasteiger partial charge on any atom is -0.357 e. The molecule has 72 valence electrons. The molecule has 1 aliphatic rings. The molecule has 0 aliphatic heterocycles. The number of rotatable bonds is 0. The Balaban J connectivity index is 2.32. The molecule has 1 heterocycles. The lowest BCUT2D eigenvalue weighted by atomic mass is 9.95. The number of fused-ring (bicyclic) bond motifs is 3. The van der Waals surface area contributed by atoms with Gasteiger partial charge in [-0.05, 0) is 30.9 Å². The number of H-pyrrole nitrogens is 1. The smallest absolute Gasteiger partial charge is 0.0738 e. The normalized spacial score (nSPS) is 21.1. The summed E-state index contributed by atoms with van der Waals surface area (Å²) >= 11 is 6.29. The molecule has 1 N–H and O–H groups in total. The highest BCUT2D eigenvalue weighted by Crippen LogP contribution is 2.37. The predicted molar refractivity (Wildman–Crippen MR) is 59.8 cm³/mol. The molecule has 14 heavy (non-hydrogen) atoms. The number of para-hydroxylation sites is 1. The Morgan fingerprint density at radius 3 is 3.07 bits per heavy atom. The van der Waals surface area contributed by atoms with E-state index in [2.05, 4.69) is 29.2 Å². The molecule has 2 heteroatoms. The molecule has 0 saturated carbocycles. The van der Waals surface area contributed by atoms with Crippen molar-refractivity contribution in [2.45, 2.75) is 24.6 Å². The van der Waals surface area contributed by atoms with E-state index in [1.54, 1.807) is 0 Å². The third-order valence-electron chi connectivity index (χ3n) is 3.04. The predicted octanol–water partition coefficient (Wildman–Crippen LogP) is 3.78. The van der Waals surface area contributed by atoms with Crippen molar-refractivity contribution >= 4 is 22.5 Å². The number of nitrogens with one attached hydrogen (secondary N) is 1. The van der Waals surface area contributed by atoms with Crippen molar-refractivity contribution in [3.05, 3.63) is 35.5 Å². The van der Waals surface area contributed by atoms with Gasteiger partial charge in [-0.1, -0.05) is 18.2 Å². The number of hydrogen-bond acceptors (Lipinski definition) is 0. The van der Waals surface area contributed by atoms with Crippen LogP contribution in [0, 0.1) is 0 Å². The van der Waals surface area contributed by atoms with E-state index in [4.69, 9.17) is 11.6 Å². The van der Waals surface area contributed by atoms with Gasteiger partial charge in [0, 0.05) is 16.6 Å². The van der Waals surface area contributed by atoms with Gasteiger partial charge in [-0.25, -0.2) is 0 Å². The van der Waals surface area contributed by atoms with Crippen LogP contribution in [0.25, 0.3) is 10.9 Å². The second-order valence-electron chi connectivity index (χ2n) is 3.92. The van der Waals surface area contributed by atoms with Crippen LogP contribution in [-0.2, 0) is 6.42 Å². The zero-order valence-corrected chi connectivity index (χ0v) is 8.64. The first kappa shape index (κ1) is 8.37. The molecule has 0 saturated heterocycles. The average molecular weight is 206 g/mol. The number of alkyl halides is 1. The molecule has 0 bridgehead atoms. The number of halogens is 1. The molecule has 1 atom stereocenters. The zero-order valence-electron chi connectivity index (χ0n) is 7.89. The summed E-state index contributed by atoms with van der Waals surface area (Å²) in [5.41, 5.74) is 3.91. The van der Waals surface area contributed by atoms with Crippen molar-refractivity contribution < 1.29 is 0 Å². The van der Waals surface area contributed by atoms with Crippen LogP contribution in [0.4, 0.5) is 0 Å². The lowest BCUT2D eigenvalue weighted by Gasteiger charge is -2.16. The summed E-state index contributed by atoms with van der Waals surface area (Å²) in [5.74, 6) is 0. The fourth-order valence-electron chi connectivity index (χ4n) is 2.36.